The average Bonchev–Trinajstić information content (AvgIpc) is 3.06. The second-order valence-electron chi connectivity index (χ2n) is 8.30. The average molecular weight is 412 g/mol. The Morgan fingerprint density at radius 1 is 0.935 bits per heavy atom. The monoisotopic (exact) mass is 411 g/mol. The van der Waals surface area contributed by atoms with Gasteiger partial charge in [0.2, 0.25) is 0 Å². The van der Waals surface area contributed by atoms with E-state index in [-0.39, 0.29) is 11.6 Å². The molecule has 0 fully saturated rings. The van der Waals surface area contributed by atoms with E-state index in [0.717, 1.165) is 34.3 Å². The molecule has 0 unspecified atom stereocenters. The SMILES string of the molecule is CC[C@H](C)n1c(C)nc2c(c1=O)c1nc3ccccc3nc1n2-c1cc(C)ccc1C. The summed E-state index contributed by atoms with van der Waals surface area (Å²) in [5.41, 5.74) is 6.57. The maximum absolute atomic E-state index is 13.7. The van der Waals surface area contributed by atoms with E-state index in [1.165, 1.54) is 0 Å². The number of benzene rings is 2. The van der Waals surface area contributed by atoms with Crippen molar-refractivity contribution in [3.8, 4) is 5.69 Å². The predicted octanol–water partition coefficient (Wildman–Crippen LogP) is 5.18. The van der Waals surface area contributed by atoms with Crippen LogP contribution in [-0.4, -0.2) is 24.1 Å². The molecule has 0 saturated carbocycles. The number of nitrogens with zero attached hydrogens (tertiary/aromatic N) is 5. The van der Waals surface area contributed by atoms with Gasteiger partial charge < -0.3 is 0 Å². The third-order valence-electron chi connectivity index (χ3n) is 6.12. The van der Waals surface area contributed by atoms with E-state index in [1.54, 1.807) is 4.57 Å². The summed E-state index contributed by atoms with van der Waals surface area (Å²) in [6, 6.07) is 14.1. The lowest BCUT2D eigenvalue weighted by Crippen LogP contribution is -2.26. The molecule has 0 aliphatic carbocycles. The number of aromatic nitrogens is 5. The molecule has 156 valence electrons. The van der Waals surface area contributed by atoms with Gasteiger partial charge in [-0.3, -0.25) is 13.9 Å². The predicted molar refractivity (Wildman–Crippen MR) is 125 cm³/mol. The van der Waals surface area contributed by atoms with Gasteiger partial charge in [0, 0.05) is 6.04 Å². The number of hydrogen-bond donors (Lipinski definition) is 0. The van der Waals surface area contributed by atoms with Gasteiger partial charge in [-0.25, -0.2) is 15.0 Å². The van der Waals surface area contributed by atoms with Gasteiger partial charge in [0.25, 0.3) is 5.56 Å². The van der Waals surface area contributed by atoms with E-state index in [0.29, 0.717) is 28.0 Å². The van der Waals surface area contributed by atoms with E-state index in [2.05, 4.69) is 39.0 Å². The highest BCUT2D eigenvalue weighted by Crippen LogP contribution is 2.30. The van der Waals surface area contributed by atoms with Gasteiger partial charge in [-0.2, -0.15) is 0 Å². The zero-order chi connectivity index (χ0) is 21.9. The molecule has 0 aliphatic rings. The van der Waals surface area contributed by atoms with Gasteiger partial charge >= 0.3 is 0 Å². The third kappa shape index (κ3) is 2.86. The molecule has 3 heterocycles. The van der Waals surface area contributed by atoms with Crippen LogP contribution in [0.2, 0.25) is 0 Å². The van der Waals surface area contributed by atoms with Crippen molar-refractivity contribution in [2.45, 2.75) is 47.1 Å². The van der Waals surface area contributed by atoms with Gasteiger partial charge in [-0.1, -0.05) is 31.2 Å². The minimum absolute atomic E-state index is 0.0527. The van der Waals surface area contributed by atoms with Crippen molar-refractivity contribution in [3.05, 3.63) is 69.8 Å². The van der Waals surface area contributed by atoms with E-state index >= 15 is 0 Å². The quantitative estimate of drug-likeness (QED) is 0.410. The minimum atomic E-state index is -0.0597. The Kier molecular flexibility index (Phi) is 4.39. The smallest absolute Gasteiger partial charge is 0.265 e. The number of rotatable bonds is 3. The Labute approximate surface area is 180 Å². The van der Waals surface area contributed by atoms with Crippen molar-refractivity contribution in [3.63, 3.8) is 0 Å². The van der Waals surface area contributed by atoms with Crippen LogP contribution in [0, 0.1) is 20.8 Å². The molecule has 5 rings (SSSR count). The molecule has 0 radical (unpaired) electrons. The largest absolute Gasteiger partial charge is 0.293 e. The molecule has 6 heteroatoms. The molecule has 2 aromatic carbocycles. The van der Waals surface area contributed by atoms with Crippen molar-refractivity contribution in [1.29, 1.82) is 0 Å². The molecule has 0 N–H and O–H groups in total. The van der Waals surface area contributed by atoms with Crippen molar-refractivity contribution >= 4 is 33.2 Å². The second kappa shape index (κ2) is 7.01. The topological polar surface area (TPSA) is 65.6 Å². The van der Waals surface area contributed by atoms with Gasteiger partial charge in [0.15, 0.2) is 11.3 Å². The second-order valence-corrected chi connectivity index (χ2v) is 8.30. The molecular formula is C25H25N5O. The summed E-state index contributed by atoms with van der Waals surface area (Å²) >= 11 is 0. The molecule has 0 bridgehead atoms. The molecule has 3 aromatic heterocycles. The van der Waals surface area contributed by atoms with Crippen LogP contribution in [0.3, 0.4) is 0 Å². The Hall–Kier alpha value is -3.54. The zero-order valence-electron chi connectivity index (χ0n) is 18.5. The highest BCUT2D eigenvalue weighted by Gasteiger charge is 2.24. The van der Waals surface area contributed by atoms with Crippen LogP contribution in [0.25, 0.3) is 38.9 Å². The van der Waals surface area contributed by atoms with Crippen LogP contribution >= 0.6 is 0 Å². The number of aryl methyl sites for hydroxylation is 3. The molecule has 0 spiro atoms. The molecule has 0 saturated heterocycles. The van der Waals surface area contributed by atoms with Crippen molar-refractivity contribution in [1.82, 2.24) is 24.1 Å². The zero-order valence-corrected chi connectivity index (χ0v) is 18.5. The third-order valence-corrected chi connectivity index (χ3v) is 6.12. The number of fused-ring (bicyclic) bond motifs is 4. The fraction of sp³-hybridized carbons (Fsp3) is 0.280. The fourth-order valence-electron chi connectivity index (χ4n) is 4.30. The molecule has 6 nitrogen and oxygen atoms in total. The van der Waals surface area contributed by atoms with Crippen LogP contribution in [0.15, 0.2) is 47.3 Å². The first-order chi connectivity index (χ1) is 14.9. The Morgan fingerprint density at radius 2 is 1.65 bits per heavy atom. The molecule has 31 heavy (non-hydrogen) atoms. The summed E-state index contributed by atoms with van der Waals surface area (Å²) in [6.07, 6.45) is 0.845. The van der Waals surface area contributed by atoms with Crippen LogP contribution < -0.4 is 5.56 Å². The molecule has 1 atom stereocenters. The summed E-state index contributed by atoms with van der Waals surface area (Å²) in [5, 5.41) is 0.528. The lowest BCUT2D eigenvalue weighted by Gasteiger charge is -2.16. The van der Waals surface area contributed by atoms with E-state index in [1.807, 2.05) is 42.7 Å². The Balaban J connectivity index is 2.05. The molecule has 0 aliphatic heterocycles. The first-order valence-corrected chi connectivity index (χ1v) is 10.7. The van der Waals surface area contributed by atoms with Crippen molar-refractivity contribution < 1.29 is 0 Å². The van der Waals surface area contributed by atoms with Crippen LogP contribution in [-0.2, 0) is 0 Å². The maximum Gasteiger partial charge on any atom is 0.265 e. The Morgan fingerprint density at radius 3 is 2.35 bits per heavy atom. The van der Waals surface area contributed by atoms with E-state index in [4.69, 9.17) is 15.0 Å². The highest BCUT2D eigenvalue weighted by atomic mass is 16.1. The van der Waals surface area contributed by atoms with E-state index in [9.17, 15) is 4.79 Å². The van der Waals surface area contributed by atoms with Gasteiger partial charge in [0.1, 0.15) is 16.7 Å². The standard InChI is InChI=1S/C25H25N5O/c1-6-16(4)29-17(5)26-23-21(25(29)31)22-24(28-19-10-8-7-9-18(19)27-22)30(23)20-13-14(2)11-12-15(20)3/h7-13,16H,6H2,1-5H3/t16-/m0/s1. The number of hydrogen-bond acceptors (Lipinski definition) is 4. The molecule has 0 amide bonds. The van der Waals surface area contributed by atoms with Crippen LogP contribution in [0.1, 0.15) is 43.3 Å². The normalized spacial score (nSPS) is 12.8. The summed E-state index contributed by atoms with van der Waals surface area (Å²) in [7, 11) is 0. The van der Waals surface area contributed by atoms with Gasteiger partial charge in [-0.05, 0) is 63.4 Å². The molecular weight excluding hydrogens is 386 g/mol. The first-order valence-electron chi connectivity index (χ1n) is 10.7. The lowest BCUT2D eigenvalue weighted by atomic mass is 10.1. The van der Waals surface area contributed by atoms with Crippen molar-refractivity contribution in [2.24, 2.45) is 0 Å². The van der Waals surface area contributed by atoms with E-state index < -0.39 is 0 Å². The Bertz CT molecular complexity index is 1540. The summed E-state index contributed by atoms with van der Waals surface area (Å²) in [5.74, 6) is 0.700. The minimum Gasteiger partial charge on any atom is -0.293 e. The summed E-state index contributed by atoms with van der Waals surface area (Å²) in [4.78, 5) is 28.5. The van der Waals surface area contributed by atoms with Gasteiger partial charge in [-0.15, -0.1) is 0 Å². The summed E-state index contributed by atoms with van der Waals surface area (Å²) in [6.45, 7) is 10.1. The van der Waals surface area contributed by atoms with Crippen molar-refractivity contribution in [2.75, 3.05) is 0 Å². The fourth-order valence-corrected chi connectivity index (χ4v) is 4.30. The first kappa shape index (κ1) is 19.4. The highest BCUT2D eigenvalue weighted by molar-refractivity contribution is 6.06. The lowest BCUT2D eigenvalue weighted by molar-refractivity contribution is 0.497. The molecule has 5 aromatic rings. The van der Waals surface area contributed by atoms with Crippen LogP contribution in [0.5, 0.6) is 0 Å². The van der Waals surface area contributed by atoms with Gasteiger partial charge in [0.05, 0.1) is 16.7 Å². The maximum atomic E-state index is 13.7. The number of para-hydroxylation sites is 2. The van der Waals surface area contributed by atoms with Crippen LogP contribution in [0.4, 0.5) is 0 Å². The summed E-state index contributed by atoms with van der Waals surface area (Å²) < 4.78 is 3.79.